The topological polar surface area (TPSA) is 45.4 Å². The van der Waals surface area contributed by atoms with E-state index in [0.29, 0.717) is 6.04 Å². The van der Waals surface area contributed by atoms with Crippen molar-refractivity contribution in [3.63, 3.8) is 0 Å². The van der Waals surface area contributed by atoms with Crippen molar-refractivity contribution in [3.8, 4) is 0 Å². The van der Waals surface area contributed by atoms with Crippen LogP contribution in [0.3, 0.4) is 0 Å². The van der Waals surface area contributed by atoms with Gasteiger partial charge in [-0.1, -0.05) is 6.92 Å². The molecule has 0 unspecified atom stereocenters. The van der Waals surface area contributed by atoms with Gasteiger partial charge in [-0.2, -0.15) is 11.3 Å². The van der Waals surface area contributed by atoms with Crippen molar-refractivity contribution in [2.45, 2.75) is 32.9 Å². The Balaban J connectivity index is 1.50. The molecule has 1 aliphatic rings. The van der Waals surface area contributed by atoms with Gasteiger partial charge in [0.2, 0.25) is 11.8 Å². The van der Waals surface area contributed by atoms with Crippen molar-refractivity contribution in [2.75, 3.05) is 26.2 Å². The number of aromatic nitrogens is 2. The fraction of sp³-hybridized carbons (Fsp3) is 0.600. The molecule has 0 aliphatic carbocycles. The predicted molar refractivity (Wildman–Crippen MR) is 83.3 cm³/mol. The minimum atomic E-state index is 0.508. The summed E-state index contributed by atoms with van der Waals surface area (Å²) in [5.41, 5.74) is 1.43. The minimum Gasteiger partial charge on any atom is -0.424 e. The SMILES string of the molecule is CCc1nnc(CN2CCN([C@@H](C)c3ccsc3)CC2)o1. The summed E-state index contributed by atoms with van der Waals surface area (Å²) in [7, 11) is 0. The van der Waals surface area contributed by atoms with Crippen molar-refractivity contribution in [1.29, 1.82) is 0 Å². The molecule has 0 radical (unpaired) electrons. The molecule has 2 aromatic rings. The van der Waals surface area contributed by atoms with E-state index in [1.54, 1.807) is 11.3 Å². The maximum absolute atomic E-state index is 5.59. The molecule has 0 saturated carbocycles. The lowest BCUT2D eigenvalue weighted by Crippen LogP contribution is -2.46. The number of hydrogen-bond acceptors (Lipinski definition) is 6. The molecule has 6 heteroatoms. The summed E-state index contributed by atoms with van der Waals surface area (Å²) < 4.78 is 5.59. The Hall–Kier alpha value is -1.24. The van der Waals surface area contributed by atoms with E-state index < -0.39 is 0 Å². The summed E-state index contributed by atoms with van der Waals surface area (Å²) in [6.45, 7) is 9.38. The highest BCUT2D eigenvalue weighted by Crippen LogP contribution is 2.23. The molecule has 0 amide bonds. The van der Waals surface area contributed by atoms with Crippen molar-refractivity contribution < 1.29 is 4.42 Å². The lowest BCUT2D eigenvalue weighted by atomic mass is 10.1. The zero-order chi connectivity index (χ0) is 14.7. The molecule has 2 aromatic heterocycles. The Labute approximate surface area is 129 Å². The monoisotopic (exact) mass is 306 g/mol. The van der Waals surface area contributed by atoms with Gasteiger partial charge in [0.25, 0.3) is 0 Å². The molecule has 0 bridgehead atoms. The number of aryl methyl sites for hydroxylation is 1. The van der Waals surface area contributed by atoms with Crippen LogP contribution in [0.1, 0.15) is 37.2 Å². The second-order valence-corrected chi connectivity index (χ2v) is 6.27. The fourth-order valence-electron chi connectivity index (χ4n) is 2.72. The van der Waals surface area contributed by atoms with Crippen LogP contribution in [-0.4, -0.2) is 46.2 Å². The second-order valence-electron chi connectivity index (χ2n) is 5.49. The maximum Gasteiger partial charge on any atom is 0.230 e. The fourth-order valence-corrected chi connectivity index (χ4v) is 3.47. The van der Waals surface area contributed by atoms with E-state index in [1.807, 2.05) is 6.92 Å². The first kappa shape index (κ1) is 14.7. The maximum atomic E-state index is 5.59. The Morgan fingerprint density at radius 2 is 2.00 bits per heavy atom. The standard InChI is InChI=1S/C15H22N4OS/c1-3-14-16-17-15(20-14)10-18-5-7-19(8-6-18)12(2)13-4-9-21-11-13/h4,9,11-12H,3,5-8,10H2,1-2H3/t12-/m0/s1. The smallest absolute Gasteiger partial charge is 0.230 e. The van der Waals surface area contributed by atoms with Gasteiger partial charge in [0.1, 0.15) is 0 Å². The van der Waals surface area contributed by atoms with Gasteiger partial charge in [0, 0.05) is 38.6 Å². The van der Waals surface area contributed by atoms with Crippen LogP contribution in [0.15, 0.2) is 21.2 Å². The van der Waals surface area contributed by atoms with Crippen LogP contribution in [0.4, 0.5) is 0 Å². The predicted octanol–water partition coefficient (Wildman–Crippen LogP) is 2.57. The highest BCUT2D eigenvalue weighted by Gasteiger charge is 2.23. The Bertz CT molecular complexity index is 546. The molecule has 1 aliphatic heterocycles. The van der Waals surface area contributed by atoms with Gasteiger partial charge >= 0.3 is 0 Å². The lowest BCUT2D eigenvalue weighted by molar-refractivity contribution is 0.0920. The lowest BCUT2D eigenvalue weighted by Gasteiger charge is -2.37. The van der Waals surface area contributed by atoms with E-state index in [9.17, 15) is 0 Å². The van der Waals surface area contributed by atoms with Crippen LogP contribution in [0, 0.1) is 0 Å². The molecule has 0 N–H and O–H groups in total. The summed E-state index contributed by atoms with van der Waals surface area (Å²) in [5, 5.41) is 12.5. The Morgan fingerprint density at radius 3 is 2.62 bits per heavy atom. The normalized spacial score (nSPS) is 19.0. The zero-order valence-electron chi connectivity index (χ0n) is 12.7. The van der Waals surface area contributed by atoms with Crippen LogP contribution in [0.2, 0.25) is 0 Å². The molecule has 3 rings (SSSR count). The van der Waals surface area contributed by atoms with Gasteiger partial charge in [-0.3, -0.25) is 9.80 Å². The van der Waals surface area contributed by atoms with Gasteiger partial charge in [0.15, 0.2) is 0 Å². The first-order chi connectivity index (χ1) is 10.3. The third-order valence-corrected chi connectivity index (χ3v) is 4.85. The molecule has 114 valence electrons. The van der Waals surface area contributed by atoms with E-state index in [-0.39, 0.29) is 0 Å². The molecule has 3 heterocycles. The van der Waals surface area contributed by atoms with Crippen molar-refractivity contribution >= 4 is 11.3 Å². The molecule has 1 fully saturated rings. The van der Waals surface area contributed by atoms with Crippen LogP contribution in [0.25, 0.3) is 0 Å². The van der Waals surface area contributed by atoms with Gasteiger partial charge in [-0.25, -0.2) is 0 Å². The van der Waals surface area contributed by atoms with E-state index in [4.69, 9.17) is 4.42 Å². The highest BCUT2D eigenvalue weighted by atomic mass is 32.1. The van der Waals surface area contributed by atoms with Crippen LogP contribution < -0.4 is 0 Å². The average Bonchev–Trinajstić information content (AvgIpc) is 3.19. The number of hydrogen-bond donors (Lipinski definition) is 0. The molecular weight excluding hydrogens is 284 g/mol. The van der Waals surface area contributed by atoms with Crippen LogP contribution in [-0.2, 0) is 13.0 Å². The van der Waals surface area contributed by atoms with Crippen LogP contribution >= 0.6 is 11.3 Å². The second kappa shape index (κ2) is 6.68. The van der Waals surface area contributed by atoms with E-state index in [2.05, 4.69) is 43.7 Å². The largest absolute Gasteiger partial charge is 0.424 e. The third-order valence-electron chi connectivity index (χ3n) is 4.15. The summed E-state index contributed by atoms with van der Waals surface area (Å²) in [5.74, 6) is 1.47. The number of thiophene rings is 1. The van der Waals surface area contributed by atoms with E-state index >= 15 is 0 Å². The summed E-state index contributed by atoms with van der Waals surface area (Å²) >= 11 is 1.77. The Kier molecular flexibility index (Phi) is 4.67. The van der Waals surface area contributed by atoms with Gasteiger partial charge in [-0.15, -0.1) is 10.2 Å². The third kappa shape index (κ3) is 3.51. The minimum absolute atomic E-state index is 0.508. The van der Waals surface area contributed by atoms with Gasteiger partial charge < -0.3 is 4.42 Å². The van der Waals surface area contributed by atoms with Gasteiger partial charge in [0.05, 0.1) is 6.54 Å². The molecule has 21 heavy (non-hydrogen) atoms. The quantitative estimate of drug-likeness (QED) is 0.849. The molecular formula is C15H22N4OS. The molecule has 1 atom stereocenters. The molecule has 0 aromatic carbocycles. The number of nitrogens with zero attached hydrogens (tertiary/aromatic N) is 4. The first-order valence-electron chi connectivity index (χ1n) is 7.56. The van der Waals surface area contributed by atoms with E-state index in [0.717, 1.165) is 50.9 Å². The van der Waals surface area contributed by atoms with Gasteiger partial charge in [-0.05, 0) is 29.3 Å². The highest BCUT2D eigenvalue weighted by molar-refractivity contribution is 7.07. The van der Waals surface area contributed by atoms with Crippen molar-refractivity contribution in [3.05, 3.63) is 34.2 Å². The number of piperazine rings is 1. The Morgan fingerprint density at radius 1 is 1.24 bits per heavy atom. The van der Waals surface area contributed by atoms with Crippen molar-refractivity contribution in [1.82, 2.24) is 20.0 Å². The summed E-state index contributed by atoms with van der Waals surface area (Å²) in [6.07, 6.45) is 0.804. The van der Waals surface area contributed by atoms with Crippen LogP contribution in [0.5, 0.6) is 0 Å². The van der Waals surface area contributed by atoms with Crippen molar-refractivity contribution in [2.24, 2.45) is 0 Å². The summed E-state index contributed by atoms with van der Waals surface area (Å²) in [6, 6.07) is 2.74. The number of rotatable bonds is 5. The molecule has 0 spiro atoms. The first-order valence-corrected chi connectivity index (χ1v) is 8.50. The molecule has 1 saturated heterocycles. The average molecular weight is 306 g/mol. The molecule has 5 nitrogen and oxygen atoms in total. The van der Waals surface area contributed by atoms with E-state index in [1.165, 1.54) is 5.56 Å². The summed E-state index contributed by atoms with van der Waals surface area (Å²) in [4.78, 5) is 4.94. The zero-order valence-corrected chi connectivity index (χ0v) is 13.5.